The molecule has 0 aromatic heterocycles. The number of rotatable bonds is 3. The molecule has 1 fully saturated rings. The zero-order chi connectivity index (χ0) is 11.7. The fourth-order valence-corrected chi connectivity index (χ4v) is 2.63. The van der Waals surface area contributed by atoms with Crippen LogP contribution < -0.4 is 4.74 Å². The molecule has 1 heterocycles. The van der Waals surface area contributed by atoms with Crippen molar-refractivity contribution < 1.29 is 14.6 Å². The van der Waals surface area contributed by atoms with Crippen molar-refractivity contribution in [3.05, 3.63) is 29.3 Å². The van der Waals surface area contributed by atoms with E-state index < -0.39 is 0 Å². The van der Waals surface area contributed by atoms with Gasteiger partial charge in [0.1, 0.15) is 12.4 Å². The zero-order valence-corrected chi connectivity index (χ0v) is 9.89. The van der Waals surface area contributed by atoms with Gasteiger partial charge in [-0.3, -0.25) is 0 Å². The summed E-state index contributed by atoms with van der Waals surface area (Å²) < 4.78 is 11.3. The van der Waals surface area contributed by atoms with Crippen LogP contribution >= 0.6 is 0 Å². The third kappa shape index (κ3) is 2.31. The average Bonchev–Trinajstić information content (AvgIpc) is 2.97. The van der Waals surface area contributed by atoms with E-state index >= 15 is 0 Å². The number of aliphatic hydroxyl groups excluding tert-OH is 1. The molecule has 3 rings (SSSR count). The van der Waals surface area contributed by atoms with Crippen LogP contribution in [0.4, 0.5) is 0 Å². The van der Waals surface area contributed by atoms with Gasteiger partial charge in [0.25, 0.3) is 0 Å². The van der Waals surface area contributed by atoms with Gasteiger partial charge in [0.05, 0.1) is 12.2 Å². The summed E-state index contributed by atoms with van der Waals surface area (Å²) in [7, 11) is 0. The van der Waals surface area contributed by atoms with Gasteiger partial charge in [0.2, 0.25) is 0 Å². The lowest BCUT2D eigenvalue weighted by atomic mass is 10.1. The van der Waals surface area contributed by atoms with Gasteiger partial charge in [-0.15, -0.1) is 0 Å². The lowest BCUT2D eigenvalue weighted by molar-refractivity contribution is 0.0679. The van der Waals surface area contributed by atoms with E-state index in [1.165, 1.54) is 5.56 Å². The predicted molar refractivity (Wildman–Crippen MR) is 64.2 cm³/mol. The van der Waals surface area contributed by atoms with Crippen molar-refractivity contribution in [2.24, 2.45) is 0 Å². The maximum Gasteiger partial charge on any atom is 0.119 e. The molecular formula is C14H18O3. The van der Waals surface area contributed by atoms with Crippen molar-refractivity contribution in [2.75, 3.05) is 13.2 Å². The highest BCUT2D eigenvalue weighted by Gasteiger charge is 2.21. The number of aliphatic hydroxyl groups is 1. The zero-order valence-electron chi connectivity index (χ0n) is 9.89. The Hall–Kier alpha value is -1.06. The molecule has 0 saturated carbocycles. The molecule has 1 unspecified atom stereocenters. The van der Waals surface area contributed by atoms with Crippen molar-refractivity contribution >= 4 is 0 Å². The van der Waals surface area contributed by atoms with E-state index in [0.29, 0.717) is 6.61 Å². The number of aryl methyl sites for hydroxylation is 1. The van der Waals surface area contributed by atoms with Crippen LogP contribution in [0.15, 0.2) is 18.2 Å². The number of hydrogen-bond acceptors (Lipinski definition) is 3. The molecule has 1 N–H and O–H groups in total. The Kier molecular flexibility index (Phi) is 3.04. The average molecular weight is 234 g/mol. The SMILES string of the molecule is O[C@H]1CCc2cc(OCC3CCCO3)ccc21. The Morgan fingerprint density at radius 1 is 1.35 bits per heavy atom. The molecule has 92 valence electrons. The van der Waals surface area contributed by atoms with Gasteiger partial charge in [-0.1, -0.05) is 6.07 Å². The summed E-state index contributed by atoms with van der Waals surface area (Å²) in [4.78, 5) is 0. The molecule has 0 radical (unpaired) electrons. The Morgan fingerprint density at radius 2 is 2.29 bits per heavy atom. The van der Waals surface area contributed by atoms with E-state index in [9.17, 15) is 5.11 Å². The van der Waals surface area contributed by atoms with E-state index in [-0.39, 0.29) is 12.2 Å². The van der Waals surface area contributed by atoms with Crippen molar-refractivity contribution in [1.82, 2.24) is 0 Å². The third-order valence-electron chi connectivity index (χ3n) is 3.62. The Labute approximate surface area is 101 Å². The summed E-state index contributed by atoms with van der Waals surface area (Å²) in [5.41, 5.74) is 2.29. The van der Waals surface area contributed by atoms with Gasteiger partial charge in [-0.05, 0) is 48.9 Å². The van der Waals surface area contributed by atoms with Crippen molar-refractivity contribution in [3.63, 3.8) is 0 Å². The number of ether oxygens (including phenoxy) is 2. The topological polar surface area (TPSA) is 38.7 Å². The van der Waals surface area contributed by atoms with E-state index in [1.54, 1.807) is 0 Å². The minimum Gasteiger partial charge on any atom is -0.491 e. The Morgan fingerprint density at radius 3 is 3.12 bits per heavy atom. The smallest absolute Gasteiger partial charge is 0.119 e. The molecule has 17 heavy (non-hydrogen) atoms. The van der Waals surface area contributed by atoms with E-state index in [1.807, 2.05) is 12.1 Å². The standard InChI is InChI=1S/C14H18O3/c15-14-6-3-10-8-11(4-5-13(10)14)17-9-12-2-1-7-16-12/h4-5,8,12,14-15H,1-3,6-7,9H2/t12?,14-/m0/s1. The third-order valence-corrected chi connectivity index (χ3v) is 3.62. The second-order valence-corrected chi connectivity index (χ2v) is 4.86. The van der Waals surface area contributed by atoms with Gasteiger partial charge >= 0.3 is 0 Å². The molecule has 1 aliphatic heterocycles. The van der Waals surface area contributed by atoms with Crippen LogP contribution in [0.25, 0.3) is 0 Å². The largest absolute Gasteiger partial charge is 0.491 e. The van der Waals surface area contributed by atoms with Crippen LogP contribution in [-0.2, 0) is 11.2 Å². The van der Waals surface area contributed by atoms with Gasteiger partial charge < -0.3 is 14.6 Å². The molecule has 1 aromatic carbocycles. The van der Waals surface area contributed by atoms with E-state index in [2.05, 4.69) is 6.07 Å². The van der Waals surface area contributed by atoms with Crippen molar-refractivity contribution in [3.8, 4) is 5.75 Å². The van der Waals surface area contributed by atoms with Gasteiger partial charge in [-0.25, -0.2) is 0 Å². The molecule has 1 saturated heterocycles. The Bertz CT molecular complexity index is 396. The molecule has 0 spiro atoms. The quantitative estimate of drug-likeness (QED) is 0.871. The number of fused-ring (bicyclic) bond motifs is 1. The second-order valence-electron chi connectivity index (χ2n) is 4.86. The normalized spacial score (nSPS) is 27.1. The first-order valence-corrected chi connectivity index (χ1v) is 6.38. The molecule has 3 nitrogen and oxygen atoms in total. The second kappa shape index (κ2) is 4.67. The lowest BCUT2D eigenvalue weighted by Crippen LogP contribution is -2.16. The summed E-state index contributed by atoms with van der Waals surface area (Å²) >= 11 is 0. The number of benzene rings is 1. The summed E-state index contributed by atoms with van der Waals surface area (Å²) in [5, 5.41) is 9.71. The van der Waals surface area contributed by atoms with Crippen LogP contribution in [0, 0.1) is 0 Å². The molecule has 1 aromatic rings. The first-order valence-electron chi connectivity index (χ1n) is 6.38. The maximum atomic E-state index is 9.71. The highest BCUT2D eigenvalue weighted by atomic mass is 16.5. The molecule has 2 atom stereocenters. The summed E-state index contributed by atoms with van der Waals surface area (Å²) in [6.07, 6.45) is 4.01. The summed E-state index contributed by atoms with van der Waals surface area (Å²) in [6, 6.07) is 5.99. The highest BCUT2D eigenvalue weighted by Crippen LogP contribution is 2.33. The van der Waals surface area contributed by atoms with Crippen molar-refractivity contribution in [1.29, 1.82) is 0 Å². The monoisotopic (exact) mass is 234 g/mol. The molecule has 3 heteroatoms. The molecule has 1 aliphatic carbocycles. The number of hydrogen-bond donors (Lipinski definition) is 1. The minimum absolute atomic E-state index is 0.258. The van der Waals surface area contributed by atoms with E-state index in [0.717, 1.165) is 43.6 Å². The molecule has 0 bridgehead atoms. The van der Waals surface area contributed by atoms with Gasteiger partial charge in [-0.2, -0.15) is 0 Å². The van der Waals surface area contributed by atoms with Crippen LogP contribution in [0.1, 0.15) is 36.5 Å². The fraction of sp³-hybridized carbons (Fsp3) is 0.571. The van der Waals surface area contributed by atoms with E-state index in [4.69, 9.17) is 9.47 Å². The van der Waals surface area contributed by atoms with Crippen LogP contribution in [-0.4, -0.2) is 24.4 Å². The fourth-order valence-electron chi connectivity index (χ4n) is 2.63. The minimum atomic E-state index is -0.280. The molecular weight excluding hydrogens is 216 g/mol. The highest BCUT2D eigenvalue weighted by molar-refractivity contribution is 5.39. The summed E-state index contributed by atoms with van der Waals surface area (Å²) in [6.45, 7) is 1.51. The van der Waals surface area contributed by atoms with Crippen molar-refractivity contribution in [2.45, 2.75) is 37.9 Å². The first-order chi connectivity index (χ1) is 8.33. The maximum absolute atomic E-state index is 9.71. The van der Waals surface area contributed by atoms with Crippen LogP contribution in [0.2, 0.25) is 0 Å². The molecule has 0 amide bonds. The summed E-state index contributed by atoms with van der Waals surface area (Å²) in [5.74, 6) is 0.897. The lowest BCUT2D eigenvalue weighted by Gasteiger charge is -2.12. The Balaban J connectivity index is 1.64. The van der Waals surface area contributed by atoms with Gasteiger partial charge in [0, 0.05) is 6.61 Å². The molecule has 2 aliphatic rings. The first kappa shape index (κ1) is 11.1. The van der Waals surface area contributed by atoms with Crippen LogP contribution in [0.5, 0.6) is 5.75 Å². The van der Waals surface area contributed by atoms with Gasteiger partial charge in [0.15, 0.2) is 0 Å². The predicted octanol–water partition coefficient (Wildman–Crippen LogP) is 2.22. The van der Waals surface area contributed by atoms with Crippen LogP contribution in [0.3, 0.4) is 0 Å².